The van der Waals surface area contributed by atoms with E-state index >= 15 is 0 Å². The molecule has 0 amide bonds. The van der Waals surface area contributed by atoms with Gasteiger partial charge in [0.1, 0.15) is 0 Å². The molecule has 108 valence electrons. The summed E-state index contributed by atoms with van der Waals surface area (Å²) in [5.41, 5.74) is 1.90. The maximum Gasteiger partial charge on any atom is 0.303 e. The molecular formula is C13H19Cl2NO3. The van der Waals surface area contributed by atoms with Gasteiger partial charge >= 0.3 is 5.97 Å². The highest BCUT2D eigenvalue weighted by Gasteiger charge is 2.03. The second kappa shape index (κ2) is 9.89. The molecule has 1 atom stereocenters. The van der Waals surface area contributed by atoms with E-state index in [1.54, 1.807) is 0 Å². The van der Waals surface area contributed by atoms with Gasteiger partial charge in [-0.15, -0.1) is 24.0 Å². The zero-order chi connectivity index (χ0) is 13.4. The van der Waals surface area contributed by atoms with Crippen molar-refractivity contribution < 1.29 is 15.0 Å². The van der Waals surface area contributed by atoms with E-state index in [-0.39, 0.29) is 18.8 Å². The SMILES string of the molecule is Cl.O=C(O)CCc1ccc(NCC(O)CCCl)cc1. The Morgan fingerprint density at radius 1 is 1.32 bits per heavy atom. The van der Waals surface area contributed by atoms with Crippen molar-refractivity contribution in [2.24, 2.45) is 0 Å². The zero-order valence-corrected chi connectivity index (χ0v) is 12.1. The number of rotatable bonds is 8. The summed E-state index contributed by atoms with van der Waals surface area (Å²) in [5, 5.41) is 21.2. The van der Waals surface area contributed by atoms with E-state index in [0.717, 1.165) is 11.3 Å². The van der Waals surface area contributed by atoms with Crippen molar-refractivity contribution in [2.45, 2.75) is 25.4 Å². The number of aliphatic hydroxyl groups excluding tert-OH is 1. The quantitative estimate of drug-likeness (QED) is 0.646. The molecule has 1 unspecified atom stereocenters. The van der Waals surface area contributed by atoms with Crippen LogP contribution in [-0.2, 0) is 11.2 Å². The van der Waals surface area contributed by atoms with Crippen molar-refractivity contribution in [3.63, 3.8) is 0 Å². The summed E-state index contributed by atoms with van der Waals surface area (Å²) in [6.45, 7) is 0.460. The summed E-state index contributed by atoms with van der Waals surface area (Å²) >= 11 is 5.52. The predicted octanol–water partition coefficient (Wildman–Crippen LogP) is 2.53. The summed E-state index contributed by atoms with van der Waals surface area (Å²) < 4.78 is 0. The van der Waals surface area contributed by atoms with Gasteiger partial charge in [-0.1, -0.05) is 12.1 Å². The number of aliphatic hydroxyl groups is 1. The largest absolute Gasteiger partial charge is 0.481 e. The second-order valence-corrected chi connectivity index (χ2v) is 4.48. The molecule has 0 saturated heterocycles. The van der Waals surface area contributed by atoms with Gasteiger partial charge < -0.3 is 15.5 Å². The Morgan fingerprint density at radius 2 is 1.95 bits per heavy atom. The topological polar surface area (TPSA) is 69.6 Å². The number of anilines is 1. The lowest BCUT2D eigenvalue weighted by molar-refractivity contribution is -0.136. The third-order valence-corrected chi connectivity index (χ3v) is 2.78. The van der Waals surface area contributed by atoms with Crippen LogP contribution < -0.4 is 5.32 Å². The fourth-order valence-electron chi connectivity index (χ4n) is 1.50. The lowest BCUT2D eigenvalue weighted by atomic mass is 10.1. The molecule has 0 fully saturated rings. The fourth-order valence-corrected chi connectivity index (χ4v) is 1.76. The molecule has 1 aromatic carbocycles. The Hall–Kier alpha value is -0.970. The third kappa shape index (κ3) is 7.93. The molecule has 0 aliphatic carbocycles. The first kappa shape index (κ1) is 18.0. The molecule has 4 nitrogen and oxygen atoms in total. The lowest BCUT2D eigenvalue weighted by Gasteiger charge is -2.11. The molecule has 1 aromatic rings. The van der Waals surface area contributed by atoms with Crippen molar-refractivity contribution in [3.05, 3.63) is 29.8 Å². The molecule has 0 saturated carbocycles. The Morgan fingerprint density at radius 3 is 2.47 bits per heavy atom. The van der Waals surface area contributed by atoms with Gasteiger partial charge in [0.25, 0.3) is 0 Å². The molecule has 0 bridgehead atoms. The zero-order valence-electron chi connectivity index (χ0n) is 10.5. The maximum absolute atomic E-state index is 10.4. The number of benzene rings is 1. The highest BCUT2D eigenvalue weighted by atomic mass is 35.5. The summed E-state index contributed by atoms with van der Waals surface area (Å²) in [5.74, 6) is -0.349. The van der Waals surface area contributed by atoms with E-state index in [1.807, 2.05) is 24.3 Å². The molecule has 0 heterocycles. The minimum atomic E-state index is -0.790. The highest BCUT2D eigenvalue weighted by molar-refractivity contribution is 6.17. The Labute approximate surface area is 124 Å². The van der Waals surface area contributed by atoms with Crippen LogP contribution in [0.4, 0.5) is 5.69 Å². The van der Waals surface area contributed by atoms with Gasteiger partial charge in [0.05, 0.1) is 6.10 Å². The van der Waals surface area contributed by atoms with E-state index < -0.39 is 12.1 Å². The number of halogens is 2. The molecule has 0 aliphatic rings. The highest BCUT2D eigenvalue weighted by Crippen LogP contribution is 2.11. The second-order valence-electron chi connectivity index (χ2n) is 4.10. The first-order valence-electron chi connectivity index (χ1n) is 5.90. The summed E-state index contributed by atoms with van der Waals surface area (Å²) in [6.07, 6.45) is 0.783. The van der Waals surface area contributed by atoms with Gasteiger partial charge in [-0.25, -0.2) is 0 Å². The fraction of sp³-hybridized carbons (Fsp3) is 0.462. The Bertz CT molecular complexity index is 371. The molecule has 6 heteroatoms. The number of alkyl halides is 1. The molecular weight excluding hydrogens is 289 g/mol. The minimum absolute atomic E-state index is 0. The van der Waals surface area contributed by atoms with Crippen LogP contribution in [0.3, 0.4) is 0 Å². The Kier molecular flexibility index (Phi) is 9.39. The standard InChI is InChI=1S/C13H18ClNO3.ClH/c14-8-7-12(16)9-15-11-4-1-10(2-5-11)3-6-13(17)18;/h1-2,4-5,12,15-16H,3,6-9H2,(H,17,18);1H. The average molecular weight is 308 g/mol. The van der Waals surface area contributed by atoms with Crippen LogP contribution in [0.1, 0.15) is 18.4 Å². The molecule has 0 aromatic heterocycles. The van der Waals surface area contributed by atoms with Gasteiger partial charge in [-0.2, -0.15) is 0 Å². The van der Waals surface area contributed by atoms with Crippen LogP contribution in [0.15, 0.2) is 24.3 Å². The monoisotopic (exact) mass is 307 g/mol. The molecule has 0 radical (unpaired) electrons. The van der Waals surface area contributed by atoms with Crippen LogP contribution in [0.2, 0.25) is 0 Å². The van der Waals surface area contributed by atoms with Gasteiger partial charge in [0.15, 0.2) is 0 Å². The predicted molar refractivity (Wildman–Crippen MR) is 79.5 cm³/mol. The summed E-state index contributed by atoms with van der Waals surface area (Å²) in [7, 11) is 0. The summed E-state index contributed by atoms with van der Waals surface area (Å²) in [4.78, 5) is 10.4. The number of carbonyl (C=O) groups is 1. The van der Waals surface area contributed by atoms with Gasteiger partial charge in [-0.05, 0) is 30.5 Å². The van der Waals surface area contributed by atoms with Crippen LogP contribution in [0, 0.1) is 0 Å². The number of nitrogens with one attached hydrogen (secondary N) is 1. The lowest BCUT2D eigenvalue weighted by Crippen LogP contribution is -2.19. The van der Waals surface area contributed by atoms with Gasteiger partial charge in [0, 0.05) is 24.5 Å². The van der Waals surface area contributed by atoms with Crippen LogP contribution in [0.5, 0.6) is 0 Å². The molecule has 3 N–H and O–H groups in total. The van der Waals surface area contributed by atoms with E-state index in [9.17, 15) is 9.90 Å². The van der Waals surface area contributed by atoms with Crippen molar-refractivity contribution in [1.29, 1.82) is 0 Å². The van der Waals surface area contributed by atoms with Crippen molar-refractivity contribution in [3.8, 4) is 0 Å². The number of aryl methyl sites for hydroxylation is 1. The number of hydrogen-bond acceptors (Lipinski definition) is 3. The molecule has 1 rings (SSSR count). The normalized spacial score (nSPS) is 11.5. The van der Waals surface area contributed by atoms with Crippen molar-refractivity contribution in [1.82, 2.24) is 0 Å². The van der Waals surface area contributed by atoms with E-state index in [4.69, 9.17) is 16.7 Å². The number of aliphatic carboxylic acids is 1. The Balaban J connectivity index is 0.00000324. The van der Waals surface area contributed by atoms with E-state index in [1.165, 1.54) is 0 Å². The maximum atomic E-state index is 10.4. The average Bonchev–Trinajstić information content (AvgIpc) is 2.35. The molecule has 0 spiro atoms. The van der Waals surface area contributed by atoms with Crippen LogP contribution >= 0.6 is 24.0 Å². The number of carboxylic acids is 1. The molecule has 19 heavy (non-hydrogen) atoms. The van der Waals surface area contributed by atoms with Crippen LogP contribution in [0.25, 0.3) is 0 Å². The first-order chi connectivity index (χ1) is 8.61. The summed E-state index contributed by atoms with van der Waals surface area (Å²) in [6, 6.07) is 7.54. The molecule has 0 aliphatic heterocycles. The van der Waals surface area contributed by atoms with E-state index in [2.05, 4.69) is 5.32 Å². The van der Waals surface area contributed by atoms with Gasteiger partial charge in [0.2, 0.25) is 0 Å². The first-order valence-corrected chi connectivity index (χ1v) is 6.44. The van der Waals surface area contributed by atoms with Gasteiger partial charge in [-0.3, -0.25) is 4.79 Å². The van der Waals surface area contributed by atoms with Crippen molar-refractivity contribution in [2.75, 3.05) is 17.7 Å². The van der Waals surface area contributed by atoms with Crippen molar-refractivity contribution >= 4 is 35.7 Å². The smallest absolute Gasteiger partial charge is 0.303 e. The third-order valence-electron chi connectivity index (χ3n) is 2.57. The number of carboxylic acid groups (broad SMARTS) is 1. The van der Waals surface area contributed by atoms with E-state index in [0.29, 0.717) is 25.3 Å². The minimum Gasteiger partial charge on any atom is -0.481 e. The van der Waals surface area contributed by atoms with Crippen LogP contribution in [-0.4, -0.2) is 34.7 Å². The number of hydrogen-bond donors (Lipinski definition) is 3.